The lowest BCUT2D eigenvalue weighted by Gasteiger charge is -2.12. The van der Waals surface area contributed by atoms with Crippen molar-refractivity contribution < 1.29 is 14.3 Å². The van der Waals surface area contributed by atoms with Gasteiger partial charge >= 0.3 is 0 Å². The third-order valence-electron chi connectivity index (χ3n) is 3.24. The lowest BCUT2D eigenvalue weighted by molar-refractivity contribution is 0.463. The van der Waals surface area contributed by atoms with Crippen molar-refractivity contribution >= 4 is 11.8 Å². The second kappa shape index (κ2) is 4.90. The van der Waals surface area contributed by atoms with E-state index in [1.807, 2.05) is 0 Å². The van der Waals surface area contributed by atoms with Gasteiger partial charge in [-0.15, -0.1) is 0 Å². The van der Waals surface area contributed by atoms with Crippen molar-refractivity contribution in [3.05, 3.63) is 69.9 Å². The van der Waals surface area contributed by atoms with E-state index in [9.17, 15) is 19.1 Å². The molecule has 0 fully saturated rings. The lowest BCUT2D eigenvalue weighted by atomic mass is 10.2. The molecule has 5 nitrogen and oxygen atoms in total. The Morgan fingerprint density at radius 2 is 2.05 bits per heavy atom. The summed E-state index contributed by atoms with van der Waals surface area (Å²) in [4.78, 5) is 23.2. The van der Waals surface area contributed by atoms with Crippen molar-refractivity contribution in [2.24, 2.45) is 0 Å². The molecule has 0 saturated carbocycles. The van der Waals surface area contributed by atoms with Crippen LogP contribution in [0.4, 0.5) is 4.39 Å². The maximum atomic E-state index is 13.2. The van der Waals surface area contributed by atoms with Crippen LogP contribution in [0.5, 0.6) is 5.75 Å². The summed E-state index contributed by atoms with van der Waals surface area (Å²) >= 11 is 0. The molecule has 2 heterocycles. The van der Waals surface area contributed by atoms with E-state index in [0.717, 1.165) is 0 Å². The van der Waals surface area contributed by atoms with E-state index in [-0.39, 0.29) is 6.54 Å². The van der Waals surface area contributed by atoms with Crippen molar-refractivity contribution in [2.45, 2.75) is 6.54 Å². The number of benzene rings is 1. The molecular formula is C15H10FN2O3. The highest BCUT2D eigenvalue weighted by atomic mass is 19.1. The molecule has 0 bridgehead atoms. The predicted octanol–water partition coefficient (Wildman–Crippen LogP) is 1.45. The van der Waals surface area contributed by atoms with Crippen LogP contribution in [0.15, 0.2) is 47.4 Å². The van der Waals surface area contributed by atoms with Gasteiger partial charge < -0.3 is 5.11 Å². The monoisotopic (exact) mass is 285 g/mol. The SMILES string of the molecule is O=[C]c1c(O)c2cccn2n(Cc2cccc(F)c2)c1=O. The summed E-state index contributed by atoms with van der Waals surface area (Å²) in [5.74, 6) is -0.819. The van der Waals surface area contributed by atoms with Crippen LogP contribution in [0.3, 0.4) is 0 Å². The molecule has 105 valence electrons. The highest BCUT2D eigenvalue weighted by Crippen LogP contribution is 2.20. The summed E-state index contributed by atoms with van der Waals surface area (Å²) < 4.78 is 15.9. The first kappa shape index (κ1) is 13.1. The van der Waals surface area contributed by atoms with Crippen LogP contribution in [-0.4, -0.2) is 20.6 Å². The fourth-order valence-electron chi connectivity index (χ4n) is 2.27. The van der Waals surface area contributed by atoms with E-state index in [0.29, 0.717) is 11.1 Å². The fourth-order valence-corrected chi connectivity index (χ4v) is 2.27. The molecule has 21 heavy (non-hydrogen) atoms. The van der Waals surface area contributed by atoms with Crippen molar-refractivity contribution in [3.8, 4) is 5.75 Å². The van der Waals surface area contributed by atoms with Gasteiger partial charge in [0.2, 0.25) is 6.29 Å². The number of nitrogens with zero attached hydrogens (tertiary/aromatic N) is 2. The van der Waals surface area contributed by atoms with Gasteiger partial charge in [0.1, 0.15) is 16.9 Å². The van der Waals surface area contributed by atoms with Crippen LogP contribution in [0, 0.1) is 5.82 Å². The lowest BCUT2D eigenvalue weighted by Crippen LogP contribution is -2.29. The molecule has 1 N–H and O–H groups in total. The molecule has 0 saturated heterocycles. The molecule has 0 amide bonds. The Morgan fingerprint density at radius 1 is 1.24 bits per heavy atom. The predicted molar refractivity (Wildman–Crippen MR) is 73.6 cm³/mol. The van der Waals surface area contributed by atoms with Crippen molar-refractivity contribution in [3.63, 3.8) is 0 Å². The Kier molecular flexibility index (Phi) is 3.06. The Hall–Kier alpha value is -2.89. The number of aromatic nitrogens is 2. The first-order valence-electron chi connectivity index (χ1n) is 6.17. The summed E-state index contributed by atoms with van der Waals surface area (Å²) in [7, 11) is 0. The molecule has 0 atom stereocenters. The number of halogens is 1. The summed E-state index contributed by atoms with van der Waals surface area (Å²) in [6.07, 6.45) is 3.04. The number of aromatic hydroxyl groups is 1. The third kappa shape index (κ3) is 2.10. The second-order valence-corrected chi connectivity index (χ2v) is 4.56. The van der Waals surface area contributed by atoms with E-state index in [2.05, 4.69) is 0 Å². The smallest absolute Gasteiger partial charge is 0.281 e. The van der Waals surface area contributed by atoms with Gasteiger partial charge in [0.05, 0.1) is 6.54 Å². The van der Waals surface area contributed by atoms with Gasteiger partial charge in [-0.2, -0.15) is 0 Å². The molecule has 0 aliphatic heterocycles. The van der Waals surface area contributed by atoms with Crippen molar-refractivity contribution in [2.75, 3.05) is 0 Å². The zero-order valence-corrected chi connectivity index (χ0v) is 10.8. The molecular weight excluding hydrogens is 275 g/mol. The minimum atomic E-state index is -0.685. The quantitative estimate of drug-likeness (QED) is 0.792. The molecule has 3 rings (SSSR count). The van der Waals surface area contributed by atoms with E-state index >= 15 is 0 Å². The number of fused-ring (bicyclic) bond motifs is 1. The molecule has 3 aromatic rings. The van der Waals surface area contributed by atoms with E-state index < -0.39 is 22.7 Å². The van der Waals surface area contributed by atoms with Crippen LogP contribution >= 0.6 is 0 Å². The first-order chi connectivity index (χ1) is 10.1. The van der Waals surface area contributed by atoms with Crippen molar-refractivity contribution in [1.29, 1.82) is 0 Å². The summed E-state index contributed by atoms with van der Waals surface area (Å²) in [5.41, 5.74) is -0.243. The van der Waals surface area contributed by atoms with Crippen molar-refractivity contribution in [1.82, 2.24) is 9.20 Å². The average Bonchev–Trinajstić information content (AvgIpc) is 2.94. The van der Waals surface area contributed by atoms with Crippen LogP contribution in [0.25, 0.3) is 5.52 Å². The topological polar surface area (TPSA) is 63.7 Å². The fraction of sp³-hybridized carbons (Fsp3) is 0.0667. The second-order valence-electron chi connectivity index (χ2n) is 4.56. The highest BCUT2D eigenvalue weighted by molar-refractivity contribution is 5.83. The minimum Gasteiger partial charge on any atom is -0.505 e. The van der Waals surface area contributed by atoms with E-state index in [4.69, 9.17) is 0 Å². The summed E-state index contributed by atoms with van der Waals surface area (Å²) in [5, 5.41) is 9.90. The minimum absolute atomic E-state index is 0.0662. The molecule has 0 spiro atoms. The Labute approximate surface area is 118 Å². The number of hydrogen-bond donors (Lipinski definition) is 1. The third-order valence-corrected chi connectivity index (χ3v) is 3.24. The number of hydrogen-bond acceptors (Lipinski definition) is 3. The zero-order chi connectivity index (χ0) is 15.0. The number of rotatable bonds is 3. The summed E-state index contributed by atoms with van der Waals surface area (Å²) in [6, 6.07) is 9.01. The molecule has 0 unspecified atom stereocenters. The van der Waals surface area contributed by atoms with Gasteiger partial charge in [-0.1, -0.05) is 12.1 Å². The zero-order valence-electron chi connectivity index (χ0n) is 10.8. The molecule has 0 aliphatic carbocycles. The Bertz CT molecular complexity index is 896. The van der Waals surface area contributed by atoms with Crippen LogP contribution < -0.4 is 5.56 Å². The molecule has 1 radical (unpaired) electrons. The Balaban J connectivity index is 2.24. The molecule has 0 aliphatic rings. The van der Waals surface area contributed by atoms with Crippen LogP contribution in [0.1, 0.15) is 11.1 Å². The largest absolute Gasteiger partial charge is 0.505 e. The van der Waals surface area contributed by atoms with Gasteiger partial charge in [0, 0.05) is 6.20 Å². The molecule has 1 aromatic carbocycles. The maximum Gasteiger partial charge on any atom is 0.281 e. The van der Waals surface area contributed by atoms with Gasteiger partial charge in [-0.3, -0.25) is 14.1 Å². The maximum absolute atomic E-state index is 13.2. The van der Waals surface area contributed by atoms with Gasteiger partial charge in [-0.25, -0.2) is 9.07 Å². The average molecular weight is 285 g/mol. The molecule has 2 aromatic heterocycles. The molecule has 6 heteroatoms. The van der Waals surface area contributed by atoms with Crippen LogP contribution in [0.2, 0.25) is 0 Å². The first-order valence-corrected chi connectivity index (χ1v) is 6.17. The summed E-state index contributed by atoms with van der Waals surface area (Å²) in [6.45, 7) is 0.0662. The van der Waals surface area contributed by atoms with Gasteiger partial charge in [-0.05, 0) is 29.8 Å². The van der Waals surface area contributed by atoms with Crippen LogP contribution in [-0.2, 0) is 11.3 Å². The van der Waals surface area contributed by atoms with Gasteiger partial charge in [0.25, 0.3) is 5.56 Å². The Morgan fingerprint density at radius 3 is 2.76 bits per heavy atom. The van der Waals surface area contributed by atoms with E-state index in [1.54, 1.807) is 24.4 Å². The normalized spacial score (nSPS) is 10.9. The van der Waals surface area contributed by atoms with Gasteiger partial charge in [0.15, 0.2) is 5.75 Å². The number of carbonyl (C=O) groups excluding carboxylic acids is 1. The van der Waals surface area contributed by atoms with E-state index in [1.165, 1.54) is 33.7 Å². The standard InChI is InChI=1S/C15H10FN2O3/c16-11-4-1-3-10(7-11)8-18-15(21)12(9-19)14(20)13-5-2-6-17(13)18/h1-7,20H,8H2. The highest BCUT2D eigenvalue weighted by Gasteiger charge is 2.16.